The molecule has 0 aliphatic rings. The number of amides is 2. The molecule has 0 unspecified atom stereocenters. The fourth-order valence-electron chi connectivity index (χ4n) is 4.73. The largest absolute Gasteiger partial charge is 0.354 e. The van der Waals surface area contributed by atoms with Gasteiger partial charge >= 0.3 is 0 Å². The fourth-order valence-corrected chi connectivity index (χ4v) is 6.59. The Labute approximate surface area is 279 Å². The standard InChI is InChI=1S/C34H34Cl3N3O4S/c1-3-19-38-34(42)32(21-25-7-5-4-6-8-25)39(22-26-11-18-30(36)31(37)20-26)33(41)23-40(28-14-9-24(2)10-15-28)45(43,44)29-16-12-27(35)13-17-29/h4-18,20,32H,3,19,21-23H2,1-2H3,(H,38,42)/t32-/m0/s1. The van der Waals surface area contributed by atoms with Crippen molar-refractivity contribution in [3.8, 4) is 0 Å². The van der Waals surface area contributed by atoms with Crippen molar-refractivity contribution in [3.63, 3.8) is 0 Å². The summed E-state index contributed by atoms with van der Waals surface area (Å²) in [6.45, 7) is 3.65. The predicted molar refractivity (Wildman–Crippen MR) is 181 cm³/mol. The normalized spacial score (nSPS) is 11.9. The van der Waals surface area contributed by atoms with Crippen LogP contribution in [0.5, 0.6) is 0 Å². The highest BCUT2D eigenvalue weighted by Crippen LogP contribution is 2.28. The fraction of sp³-hybridized carbons (Fsp3) is 0.235. The summed E-state index contributed by atoms with van der Waals surface area (Å²) >= 11 is 18.5. The van der Waals surface area contributed by atoms with Crippen LogP contribution < -0.4 is 9.62 Å². The maximum Gasteiger partial charge on any atom is 0.264 e. The van der Waals surface area contributed by atoms with Gasteiger partial charge in [-0.3, -0.25) is 13.9 Å². The molecule has 0 spiro atoms. The molecule has 4 rings (SSSR count). The molecular weight excluding hydrogens is 653 g/mol. The van der Waals surface area contributed by atoms with Crippen molar-refractivity contribution in [1.29, 1.82) is 0 Å². The van der Waals surface area contributed by atoms with Crippen molar-refractivity contribution in [2.24, 2.45) is 0 Å². The Morgan fingerprint density at radius 1 is 0.822 bits per heavy atom. The Balaban J connectivity index is 1.80. The maximum absolute atomic E-state index is 14.5. The van der Waals surface area contributed by atoms with E-state index in [1.165, 1.54) is 29.2 Å². The second-order valence-corrected chi connectivity index (χ2v) is 13.7. The second kappa shape index (κ2) is 15.6. The van der Waals surface area contributed by atoms with Crippen LogP contribution in [-0.2, 0) is 32.6 Å². The summed E-state index contributed by atoms with van der Waals surface area (Å²) in [5.41, 5.74) is 2.69. The molecule has 45 heavy (non-hydrogen) atoms. The molecule has 0 saturated carbocycles. The van der Waals surface area contributed by atoms with Crippen LogP contribution in [0.4, 0.5) is 5.69 Å². The molecular formula is C34H34Cl3N3O4S. The number of nitrogens with one attached hydrogen (secondary N) is 1. The Morgan fingerprint density at radius 3 is 2.11 bits per heavy atom. The molecule has 11 heteroatoms. The van der Waals surface area contributed by atoms with E-state index in [9.17, 15) is 18.0 Å². The number of anilines is 1. The summed E-state index contributed by atoms with van der Waals surface area (Å²) in [5.74, 6) is -0.927. The molecule has 1 atom stereocenters. The lowest BCUT2D eigenvalue weighted by atomic mass is 10.0. The highest BCUT2D eigenvalue weighted by Gasteiger charge is 2.34. The van der Waals surface area contributed by atoms with Crippen LogP contribution in [0, 0.1) is 6.92 Å². The van der Waals surface area contributed by atoms with Crippen molar-refractivity contribution >= 4 is 62.3 Å². The zero-order valence-corrected chi connectivity index (χ0v) is 28.0. The van der Waals surface area contributed by atoms with E-state index >= 15 is 0 Å². The third-order valence-electron chi connectivity index (χ3n) is 7.16. The number of carbonyl (C=O) groups excluding carboxylic acids is 2. The van der Waals surface area contributed by atoms with E-state index in [4.69, 9.17) is 34.8 Å². The van der Waals surface area contributed by atoms with Crippen LogP contribution in [0.15, 0.2) is 102 Å². The average Bonchev–Trinajstić information content (AvgIpc) is 3.03. The number of carbonyl (C=O) groups is 2. The summed E-state index contributed by atoms with van der Waals surface area (Å²) in [4.78, 5) is 29.5. The zero-order chi connectivity index (χ0) is 32.6. The van der Waals surface area contributed by atoms with E-state index in [-0.39, 0.29) is 23.8 Å². The van der Waals surface area contributed by atoms with Crippen LogP contribution in [-0.4, -0.2) is 44.3 Å². The number of rotatable bonds is 13. The van der Waals surface area contributed by atoms with E-state index in [0.29, 0.717) is 39.3 Å². The average molecular weight is 687 g/mol. The van der Waals surface area contributed by atoms with E-state index in [0.717, 1.165) is 15.4 Å². The van der Waals surface area contributed by atoms with Crippen LogP contribution in [0.2, 0.25) is 15.1 Å². The molecule has 0 aliphatic heterocycles. The summed E-state index contributed by atoms with van der Waals surface area (Å²) < 4.78 is 29.2. The topological polar surface area (TPSA) is 86.8 Å². The van der Waals surface area contributed by atoms with Gasteiger partial charge in [-0.05, 0) is 73.0 Å². The molecule has 0 aromatic heterocycles. The summed E-state index contributed by atoms with van der Waals surface area (Å²) in [6.07, 6.45) is 0.906. The number of aryl methyl sites for hydroxylation is 1. The van der Waals surface area contributed by atoms with Crippen molar-refractivity contribution in [2.45, 2.75) is 44.2 Å². The quantitative estimate of drug-likeness (QED) is 0.160. The first-order chi connectivity index (χ1) is 21.5. The zero-order valence-electron chi connectivity index (χ0n) is 24.9. The number of hydrogen-bond acceptors (Lipinski definition) is 4. The van der Waals surface area contributed by atoms with Crippen molar-refractivity contribution < 1.29 is 18.0 Å². The van der Waals surface area contributed by atoms with Gasteiger partial charge in [-0.25, -0.2) is 8.42 Å². The summed E-state index contributed by atoms with van der Waals surface area (Å²) in [6, 6.07) is 26.0. The minimum atomic E-state index is -4.23. The van der Waals surface area contributed by atoms with Crippen molar-refractivity contribution in [1.82, 2.24) is 10.2 Å². The predicted octanol–water partition coefficient (Wildman–Crippen LogP) is 7.32. The minimum Gasteiger partial charge on any atom is -0.354 e. The van der Waals surface area contributed by atoms with Crippen molar-refractivity contribution in [3.05, 3.63) is 129 Å². The highest BCUT2D eigenvalue weighted by atomic mass is 35.5. The van der Waals surface area contributed by atoms with E-state index in [1.54, 1.807) is 42.5 Å². The molecule has 4 aromatic rings. The van der Waals surface area contributed by atoms with E-state index < -0.39 is 28.5 Å². The Morgan fingerprint density at radius 2 is 1.49 bits per heavy atom. The number of halogens is 3. The molecule has 0 radical (unpaired) electrons. The van der Waals surface area contributed by atoms with Gasteiger partial charge in [0.2, 0.25) is 11.8 Å². The van der Waals surface area contributed by atoms with Crippen LogP contribution in [0.1, 0.15) is 30.0 Å². The molecule has 2 amide bonds. The van der Waals surface area contributed by atoms with Crippen LogP contribution >= 0.6 is 34.8 Å². The van der Waals surface area contributed by atoms with E-state index in [2.05, 4.69) is 5.32 Å². The maximum atomic E-state index is 14.5. The third-order valence-corrected chi connectivity index (χ3v) is 9.94. The van der Waals surface area contributed by atoms with Gasteiger partial charge in [0.15, 0.2) is 0 Å². The van der Waals surface area contributed by atoms with E-state index in [1.807, 2.05) is 44.2 Å². The van der Waals surface area contributed by atoms with Gasteiger partial charge < -0.3 is 10.2 Å². The number of hydrogen-bond donors (Lipinski definition) is 1. The first-order valence-electron chi connectivity index (χ1n) is 14.4. The Hall–Kier alpha value is -3.56. The highest BCUT2D eigenvalue weighted by molar-refractivity contribution is 7.92. The number of benzene rings is 4. The first-order valence-corrected chi connectivity index (χ1v) is 17.0. The molecule has 0 fully saturated rings. The van der Waals surface area contributed by atoms with Gasteiger partial charge in [-0.1, -0.05) is 95.8 Å². The first kappa shape index (κ1) is 34.3. The molecule has 0 bridgehead atoms. The van der Waals surface area contributed by atoms with Crippen LogP contribution in [0.25, 0.3) is 0 Å². The molecule has 1 N–H and O–H groups in total. The Kier molecular flexibility index (Phi) is 11.9. The van der Waals surface area contributed by atoms with Crippen molar-refractivity contribution in [2.75, 3.05) is 17.4 Å². The van der Waals surface area contributed by atoms with Gasteiger partial charge in [0.1, 0.15) is 12.6 Å². The lowest BCUT2D eigenvalue weighted by Gasteiger charge is -2.34. The molecule has 0 aliphatic carbocycles. The minimum absolute atomic E-state index is 0.0184. The molecule has 7 nitrogen and oxygen atoms in total. The monoisotopic (exact) mass is 685 g/mol. The van der Waals surface area contributed by atoms with Gasteiger partial charge in [-0.2, -0.15) is 0 Å². The molecule has 4 aromatic carbocycles. The molecule has 0 heterocycles. The lowest BCUT2D eigenvalue weighted by Crippen LogP contribution is -2.53. The third kappa shape index (κ3) is 9.01. The lowest BCUT2D eigenvalue weighted by molar-refractivity contribution is -0.140. The molecule has 0 saturated heterocycles. The number of nitrogens with zero attached hydrogens (tertiary/aromatic N) is 2. The summed E-state index contributed by atoms with van der Waals surface area (Å²) in [5, 5.41) is 3.94. The van der Waals surface area contributed by atoms with Crippen LogP contribution in [0.3, 0.4) is 0 Å². The van der Waals surface area contributed by atoms with Gasteiger partial charge in [0, 0.05) is 24.5 Å². The number of sulfonamides is 1. The second-order valence-electron chi connectivity index (χ2n) is 10.6. The molecule has 236 valence electrons. The Bertz CT molecular complexity index is 1720. The smallest absolute Gasteiger partial charge is 0.264 e. The summed E-state index contributed by atoms with van der Waals surface area (Å²) in [7, 11) is -4.23. The SMILES string of the molecule is CCCNC(=O)[C@H](Cc1ccccc1)N(Cc1ccc(Cl)c(Cl)c1)C(=O)CN(c1ccc(C)cc1)S(=O)(=O)c1ccc(Cl)cc1. The van der Waals surface area contributed by atoms with Gasteiger partial charge in [0.25, 0.3) is 10.0 Å². The van der Waals surface area contributed by atoms with Gasteiger partial charge in [-0.15, -0.1) is 0 Å². The van der Waals surface area contributed by atoms with Gasteiger partial charge in [0.05, 0.1) is 20.6 Å².